The Bertz CT molecular complexity index is 603. The molecule has 1 aromatic rings. The number of anilines is 2. The zero-order valence-electron chi connectivity index (χ0n) is 13.9. The summed E-state index contributed by atoms with van der Waals surface area (Å²) in [4.78, 5) is 12.4. The molecule has 0 fully saturated rings. The zero-order valence-corrected chi connectivity index (χ0v) is 13.9. The van der Waals surface area contributed by atoms with E-state index >= 15 is 0 Å². The first kappa shape index (κ1) is 18.4. The second-order valence-electron chi connectivity index (χ2n) is 6.17. The maximum absolute atomic E-state index is 12.8. The largest absolute Gasteiger partial charge is 0.408 e. The van der Waals surface area contributed by atoms with Gasteiger partial charge in [-0.2, -0.15) is 28.1 Å². The number of aliphatic hydroxyl groups excluding tert-OH is 1. The molecule has 1 heterocycles. The van der Waals surface area contributed by atoms with Gasteiger partial charge in [0.2, 0.25) is 11.9 Å². The van der Waals surface area contributed by atoms with Gasteiger partial charge in [0.15, 0.2) is 5.82 Å². The van der Waals surface area contributed by atoms with Crippen LogP contribution < -0.4 is 10.6 Å². The maximum atomic E-state index is 12.8. The highest BCUT2D eigenvalue weighted by molar-refractivity contribution is 5.62. The number of hydrogen-bond donors (Lipinski definition) is 3. The summed E-state index contributed by atoms with van der Waals surface area (Å²) in [5.74, 6) is 0.427. The summed E-state index contributed by atoms with van der Waals surface area (Å²) in [5, 5.41) is 14.8. The molecule has 0 amide bonds. The Morgan fingerprint density at radius 2 is 1.75 bits per heavy atom. The average Bonchev–Trinajstić information content (AvgIpc) is 2.46. The third kappa shape index (κ3) is 5.05. The van der Waals surface area contributed by atoms with Crippen molar-refractivity contribution < 1.29 is 18.3 Å². The summed E-state index contributed by atoms with van der Waals surface area (Å²) in [7, 11) is 0. The predicted octanol–water partition coefficient (Wildman–Crippen LogP) is 2.98. The van der Waals surface area contributed by atoms with E-state index in [1.165, 1.54) is 0 Å². The molecule has 0 saturated carbocycles. The van der Waals surface area contributed by atoms with Gasteiger partial charge in [-0.25, -0.2) is 0 Å². The minimum atomic E-state index is -4.40. The van der Waals surface area contributed by atoms with Gasteiger partial charge in [-0.05, 0) is 45.6 Å². The van der Waals surface area contributed by atoms with E-state index in [2.05, 4.69) is 25.6 Å². The minimum absolute atomic E-state index is 0.0234. The lowest BCUT2D eigenvalue weighted by molar-refractivity contribution is -0.138. The van der Waals surface area contributed by atoms with Crippen molar-refractivity contribution in [1.29, 1.82) is 0 Å². The number of hydrogen-bond acceptors (Lipinski definition) is 6. The number of alkyl halides is 3. The number of aromatic nitrogens is 3. The van der Waals surface area contributed by atoms with Crippen LogP contribution in [0.25, 0.3) is 5.57 Å². The van der Waals surface area contributed by atoms with Gasteiger partial charge in [0.1, 0.15) is 6.04 Å². The van der Waals surface area contributed by atoms with Gasteiger partial charge in [0.05, 0.1) is 6.10 Å². The summed E-state index contributed by atoms with van der Waals surface area (Å²) in [5.41, 5.74) is 0.803. The van der Waals surface area contributed by atoms with Crippen LogP contribution in [0.2, 0.25) is 0 Å². The molecule has 1 unspecified atom stereocenters. The fraction of sp³-hybridized carbons (Fsp3) is 0.667. The van der Waals surface area contributed by atoms with Crippen molar-refractivity contribution >= 4 is 17.5 Å². The topological polar surface area (TPSA) is 83.0 Å². The number of nitrogens with zero attached hydrogens (tertiary/aromatic N) is 3. The van der Waals surface area contributed by atoms with Crippen molar-refractivity contribution in [2.75, 3.05) is 10.6 Å². The van der Waals surface area contributed by atoms with Crippen LogP contribution in [-0.2, 0) is 0 Å². The predicted molar refractivity (Wildman–Crippen MR) is 85.6 cm³/mol. The molecular formula is C15H22F3N5O. The number of nitrogens with one attached hydrogen (secondary N) is 2. The standard InChI is InChI=1S/C15H22F3N5O/c1-8(2)19-13-21-12(10-4-6-11(24)7-5-10)22-14(23-13)20-9(3)15(16,17)18/h4,8-9,11,24H,5-7H2,1-3H3,(H2,19,20,21,22,23)/t9-,11?/m1/s1. The van der Waals surface area contributed by atoms with E-state index in [4.69, 9.17) is 0 Å². The van der Waals surface area contributed by atoms with Crippen LogP contribution in [0.5, 0.6) is 0 Å². The molecule has 24 heavy (non-hydrogen) atoms. The van der Waals surface area contributed by atoms with Gasteiger partial charge < -0.3 is 15.7 Å². The van der Waals surface area contributed by atoms with E-state index in [1.54, 1.807) is 0 Å². The van der Waals surface area contributed by atoms with Crippen molar-refractivity contribution in [2.24, 2.45) is 0 Å². The van der Waals surface area contributed by atoms with Crippen molar-refractivity contribution in [3.63, 3.8) is 0 Å². The van der Waals surface area contributed by atoms with Crippen LogP contribution in [0.3, 0.4) is 0 Å². The molecule has 0 aromatic carbocycles. The molecule has 3 N–H and O–H groups in total. The Morgan fingerprint density at radius 1 is 1.12 bits per heavy atom. The fourth-order valence-electron chi connectivity index (χ4n) is 2.21. The monoisotopic (exact) mass is 345 g/mol. The second kappa shape index (κ2) is 7.33. The number of rotatable bonds is 5. The van der Waals surface area contributed by atoms with E-state index < -0.39 is 18.3 Å². The Hall–Kier alpha value is -1.90. The molecule has 1 aliphatic carbocycles. The maximum Gasteiger partial charge on any atom is 0.408 e. The molecule has 1 aromatic heterocycles. The molecule has 9 heteroatoms. The molecule has 0 bridgehead atoms. The lowest BCUT2D eigenvalue weighted by Gasteiger charge is -2.20. The van der Waals surface area contributed by atoms with E-state index in [-0.39, 0.29) is 17.9 Å². The van der Waals surface area contributed by atoms with Crippen LogP contribution in [0.1, 0.15) is 45.9 Å². The number of aliphatic hydroxyl groups is 1. The Morgan fingerprint density at radius 3 is 2.25 bits per heavy atom. The van der Waals surface area contributed by atoms with Crippen LogP contribution >= 0.6 is 0 Å². The molecule has 0 radical (unpaired) electrons. The third-order valence-corrected chi connectivity index (χ3v) is 3.56. The van der Waals surface area contributed by atoms with E-state index in [0.717, 1.165) is 12.5 Å². The van der Waals surface area contributed by atoms with E-state index in [1.807, 2.05) is 19.9 Å². The molecule has 2 rings (SSSR count). The normalized spacial score (nSPS) is 19.8. The highest BCUT2D eigenvalue weighted by Crippen LogP contribution is 2.27. The van der Waals surface area contributed by atoms with Gasteiger partial charge in [0.25, 0.3) is 0 Å². The van der Waals surface area contributed by atoms with Gasteiger partial charge in [-0.1, -0.05) is 6.08 Å². The lowest BCUT2D eigenvalue weighted by Crippen LogP contribution is -2.34. The zero-order chi connectivity index (χ0) is 17.9. The Labute approximate surface area is 138 Å². The smallest absolute Gasteiger partial charge is 0.393 e. The highest BCUT2D eigenvalue weighted by atomic mass is 19.4. The lowest BCUT2D eigenvalue weighted by atomic mass is 9.97. The van der Waals surface area contributed by atoms with Crippen molar-refractivity contribution in [3.05, 3.63) is 11.9 Å². The van der Waals surface area contributed by atoms with Gasteiger partial charge >= 0.3 is 6.18 Å². The molecule has 0 aliphatic heterocycles. The van der Waals surface area contributed by atoms with Gasteiger partial charge in [-0.3, -0.25) is 0 Å². The molecular weight excluding hydrogens is 323 g/mol. The third-order valence-electron chi connectivity index (χ3n) is 3.56. The summed E-state index contributed by atoms with van der Waals surface area (Å²) in [6, 6.07) is -1.75. The quantitative estimate of drug-likeness (QED) is 0.761. The van der Waals surface area contributed by atoms with Crippen LogP contribution in [0.15, 0.2) is 6.08 Å². The summed E-state index contributed by atoms with van der Waals surface area (Å²) < 4.78 is 38.3. The molecule has 6 nitrogen and oxygen atoms in total. The highest BCUT2D eigenvalue weighted by Gasteiger charge is 2.36. The van der Waals surface area contributed by atoms with Crippen molar-refractivity contribution in [3.8, 4) is 0 Å². The fourth-order valence-corrected chi connectivity index (χ4v) is 2.21. The van der Waals surface area contributed by atoms with Gasteiger partial charge in [-0.15, -0.1) is 0 Å². The number of halogens is 3. The Balaban J connectivity index is 2.31. The molecule has 0 spiro atoms. The van der Waals surface area contributed by atoms with Crippen LogP contribution in [0, 0.1) is 0 Å². The summed E-state index contributed by atoms with van der Waals surface area (Å²) in [6.07, 6.45) is -1.35. The van der Waals surface area contributed by atoms with Crippen molar-refractivity contribution in [2.45, 2.75) is 64.4 Å². The second-order valence-corrected chi connectivity index (χ2v) is 6.17. The summed E-state index contributed by atoms with van der Waals surface area (Å²) in [6.45, 7) is 4.77. The number of allylic oxidation sites excluding steroid dienone is 1. The molecule has 0 saturated heterocycles. The molecule has 2 atom stereocenters. The molecule has 134 valence electrons. The first-order valence-electron chi connectivity index (χ1n) is 7.88. The first-order chi connectivity index (χ1) is 11.1. The first-order valence-corrected chi connectivity index (χ1v) is 7.88. The summed E-state index contributed by atoms with van der Waals surface area (Å²) >= 11 is 0. The SMILES string of the molecule is CC(C)Nc1nc(N[C@H](C)C(F)(F)F)nc(C2=CCC(O)CC2)n1. The van der Waals surface area contributed by atoms with E-state index in [9.17, 15) is 18.3 Å². The van der Waals surface area contributed by atoms with Crippen molar-refractivity contribution in [1.82, 2.24) is 15.0 Å². The minimum Gasteiger partial charge on any atom is -0.393 e. The van der Waals surface area contributed by atoms with Crippen LogP contribution in [0.4, 0.5) is 25.1 Å². The molecule has 1 aliphatic rings. The van der Waals surface area contributed by atoms with Crippen LogP contribution in [-0.4, -0.2) is 44.4 Å². The van der Waals surface area contributed by atoms with E-state index in [0.29, 0.717) is 25.1 Å². The average molecular weight is 345 g/mol. The Kier molecular flexibility index (Phi) is 5.63. The van der Waals surface area contributed by atoms with Gasteiger partial charge in [0, 0.05) is 6.04 Å².